The second kappa shape index (κ2) is 25.8. The lowest BCUT2D eigenvalue weighted by molar-refractivity contribution is -0.149. The van der Waals surface area contributed by atoms with Crippen LogP contribution in [0.5, 0.6) is 0 Å². The summed E-state index contributed by atoms with van der Waals surface area (Å²) in [6, 6.07) is -0.430. The lowest BCUT2D eigenvalue weighted by Gasteiger charge is -2.29. The Labute approximate surface area is 379 Å². The summed E-state index contributed by atoms with van der Waals surface area (Å²) >= 11 is 0. The van der Waals surface area contributed by atoms with Crippen molar-refractivity contribution in [3.63, 3.8) is 0 Å². The molecule has 18 nitrogen and oxygen atoms in total. The van der Waals surface area contributed by atoms with E-state index in [0.29, 0.717) is 11.1 Å². The maximum Gasteiger partial charge on any atom is 0.408 e. The molecule has 0 heterocycles. The first-order valence-electron chi connectivity index (χ1n) is 22.1. The molecular formula is C46H76N6O12. The largest absolute Gasteiger partial charge is 0.464 e. The zero-order chi connectivity index (χ0) is 49.3. The van der Waals surface area contributed by atoms with E-state index in [-0.39, 0.29) is 26.1 Å². The Bertz CT molecular complexity index is 1630. The second-order valence-corrected chi connectivity index (χ2v) is 19.0. The molecule has 0 aliphatic heterocycles. The fourth-order valence-corrected chi connectivity index (χ4v) is 6.24. The summed E-state index contributed by atoms with van der Waals surface area (Å²) in [5.41, 5.74) is -0.793. The fourth-order valence-electron chi connectivity index (χ4n) is 6.24. The number of rotatable bonds is 22. The Kier molecular flexibility index (Phi) is 22.8. The molecule has 0 bridgehead atoms. The van der Waals surface area contributed by atoms with E-state index in [2.05, 4.69) is 31.9 Å². The number of alkyl carbamates (subject to hydrolysis) is 2. The van der Waals surface area contributed by atoms with E-state index >= 15 is 0 Å². The third-order valence-corrected chi connectivity index (χ3v) is 9.49. The third-order valence-electron chi connectivity index (χ3n) is 9.49. The first-order valence-corrected chi connectivity index (χ1v) is 22.1. The van der Waals surface area contributed by atoms with Gasteiger partial charge in [-0.05, 0) is 90.2 Å². The van der Waals surface area contributed by atoms with E-state index in [1.807, 2.05) is 0 Å². The molecule has 0 spiro atoms. The van der Waals surface area contributed by atoms with Crippen LogP contribution in [0.4, 0.5) is 9.59 Å². The number of carbonyl (C=O) groups excluding carboxylic acids is 8. The molecule has 1 aromatic rings. The van der Waals surface area contributed by atoms with Gasteiger partial charge in [0.25, 0.3) is 0 Å². The van der Waals surface area contributed by atoms with E-state index < -0.39 is 119 Å². The molecule has 6 atom stereocenters. The number of carbonyl (C=O) groups is 8. The number of nitrogens with one attached hydrogen (secondary N) is 6. The quantitative estimate of drug-likeness (QED) is 0.0707. The average molecular weight is 905 g/mol. The molecule has 0 aliphatic carbocycles. The minimum Gasteiger partial charge on any atom is -0.464 e. The van der Waals surface area contributed by atoms with Crippen molar-refractivity contribution in [1.82, 2.24) is 31.9 Å². The molecule has 1 rings (SSSR count). The van der Waals surface area contributed by atoms with Crippen LogP contribution >= 0.6 is 0 Å². The van der Waals surface area contributed by atoms with Crippen molar-refractivity contribution in [1.29, 1.82) is 0 Å². The normalized spacial score (nSPS) is 14.6. The first-order chi connectivity index (χ1) is 29.5. The van der Waals surface area contributed by atoms with Crippen molar-refractivity contribution in [2.75, 3.05) is 13.2 Å². The van der Waals surface area contributed by atoms with Crippen LogP contribution < -0.4 is 31.9 Å². The van der Waals surface area contributed by atoms with Gasteiger partial charge in [-0.3, -0.25) is 19.2 Å². The highest BCUT2D eigenvalue weighted by molar-refractivity contribution is 5.95. The molecule has 6 N–H and O–H groups in total. The van der Waals surface area contributed by atoms with Gasteiger partial charge < -0.3 is 50.8 Å². The predicted molar refractivity (Wildman–Crippen MR) is 241 cm³/mol. The van der Waals surface area contributed by atoms with Crippen molar-refractivity contribution in [2.24, 2.45) is 23.7 Å². The molecule has 64 heavy (non-hydrogen) atoms. The summed E-state index contributed by atoms with van der Waals surface area (Å²) in [5.74, 6) is -5.97. The SMILES string of the molecule is CCOC(=O)[C@@H](NC(=O)[C@@H](Cc1ccccc1C[C@@H](NC(=O)[C@@H](NC(=O)OC(C)(C)C)C(C)C)C(=O)N[C@H](C(=O)OCC)C(C)C)NC(=O)[C@@H](NC(=O)OC(C)(C)C)C(C)C)C(C)C. The molecule has 0 fully saturated rings. The van der Waals surface area contributed by atoms with Crippen molar-refractivity contribution < 1.29 is 57.3 Å². The van der Waals surface area contributed by atoms with Gasteiger partial charge >= 0.3 is 24.1 Å². The zero-order valence-corrected chi connectivity index (χ0v) is 40.8. The minimum absolute atomic E-state index is 0.0653. The maximum atomic E-state index is 14.3. The summed E-state index contributed by atoms with van der Waals surface area (Å²) < 4.78 is 21.2. The smallest absolute Gasteiger partial charge is 0.408 e. The van der Waals surface area contributed by atoms with Crippen LogP contribution in [0.3, 0.4) is 0 Å². The minimum atomic E-state index is -1.36. The van der Waals surface area contributed by atoms with Gasteiger partial charge in [0, 0.05) is 12.8 Å². The molecule has 1 aromatic carbocycles. The van der Waals surface area contributed by atoms with Crippen molar-refractivity contribution in [3.05, 3.63) is 35.4 Å². The van der Waals surface area contributed by atoms with E-state index in [9.17, 15) is 38.4 Å². The first kappa shape index (κ1) is 56.6. The van der Waals surface area contributed by atoms with Crippen LogP contribution in [0.2, 0.25) is 0 Å². The van der Waals surface area contributed by atoms with Gasteiger partial charge in [-0.25, -0.2) is 19.2 Å². The Balaban J connectivity index is 3.86. The molecule has 362 valence electrons. The second-order valence-electron chi connectivity index (χ2n) is 19.0. The highest BCUT2D eigenvalue weighted by atomic mass is 16.6. The van der Waals surface area contributed by atoms with Crippen LogP contribution in [0.15, 0.2) is 24.3 Å². The topological polar surface area (TPSA) is 246 Å². The van der Waals surface area contributed by atoms with Crippen molar-refractivity contribution in [2.45, 2.75) is 171 Å². The average Bonchev–Trinajstić information content (AvgIpc) is 3.15. The van der Waals surface area contributed by atoms with Crippen molar-refractivity contribution in [3.8, 4) is 0 Å². The van der Waals surface area contributed by atoms with E-state index in [0.717, 1.165) is 0 Å². The van der Waals surface area contributed by atoms with Gasteiger partial charge in [0.2, 0.25) is 23.6 Å². The maximum absolute atomic E-state index is 14.3. The van der Waals surface area contributed by atoms with E-state index in [1.165, 1.54) is 0 Å². The lowest BCUT2D eigenvalue weighted by atomic mass is 9.93. The van der Waals surface area contributed by atoms with Crippen LogP contribution in [0, 0.1) is 23.7 Å². The Morgan fingerprint density at radius 3 is 1.00 bits per heavy atom. The third kappa shape index (κ3) is 20.0. The van der Waals surface area contributed by atoms with Crippen LogP contribution in [0.1, 0.15) is 122 Å². The number of amides is 6. The molecule has 18 heteroatoms. The van der Waals surface area contributed by atoms with Gasteiger partial charge in [-0.2, -0.15) is 0 Å². The van der Waals surface area contributed by atoms with Crippen molar-refractivity contribution >= 4 is 47.8 Å². The molecule has 0 aliphatic rings. The van der Waals surface area contributed by atoms with Crippen LogP contribution in [-0.4, -0.2) is 108 Å². The van der Waals surface area contributed by atoms with E-state index in [1.54, 1.807) is 135 Å². The summed E-state index contributed by atoms with van der Waals surface area (Å²) in [7, 11) is 0. The van der Waals surface area contributed by atoms with Gasteiger partial charge in [0.1, 0.15) is 47.5 Å². The number of hydrogen-bond donors (Lipinski definition) is 6. The molecule has 0 saturated carbocycles. The highest BCUT2D eigenvalue weighted by Crippen LogP contribution is 2.18. The zero-order valence-electron chi connectivity index (χ0n) is 40.8. The van der Waals surface area contributed by atoms with Crippen LogP contribution in [0.25, 0.3) is 0 Å². The number of esters is 2. The monoisotopic (exact) mass is 905 g/mol. The highest BCUT2D eigenvalue weighted by Gasteiger charge is 2.36. The molecular weight excluding hydrogens is 829 g/mol. The number of benzene rings is 1. The van der Waals surface area contributed by atoms with Gasteiger partial charge in [0.05, 0.1) is 13.2 Å². The Morgan fingerprint density at radius 2 is 0.750 bits per heavy atom. The summed E-state index contributed by atoms with van der Waals surface area (Å²) in [6.45, 7) is 27.2. The fraction of sp³-hybridized carbons (Fsp3) is 0.696. The van der Waals surface area contributed by atoms with Gasteiger partial charge in [0.15, 0.2) is 0 Å². The molecule has 0 unspecified atom stereocenters. The van der Waals surface area contributed by atoms with Gasteiger partial charge in [-0.1, -0.05) is 79.7 Å². The molecule has 0 aromatic heterocycles. The standard InChI is InChI=1S/C46H76N6O12/c1-17-61-41(57)35(27(7)8)49-37(53)31(47-39(55)33(25(3)4)51-43(59)63-45(11,12)13)23-29-21-19-20-22-30(29)24-32(38(54)50-36(28(9)10)42(58)62-18-2)48-40(56)34(26(5)6)52-44(60)64-46(14,15)16/h19-22,25-28,31-36H,17-18,23-24H2,1-16H3,(H,47,55)(H,48,56)(H,49,53)(H,50,54)(H,51,59)(H,52,60)/t31-,32-,33+,34+,35+,36+/m1/s1. The molecule has 0 radical (unpaired) electrons. The predicted octanol–water partition coefficient (Wildman–Crippen LogP) is 4.25. The summed E-state index contributed by atoms with van der Waals surface area (Å²) in [6.07, 6.45) is -2.06. The summed E-state index contributed by atoms with van der Waals surface area (Å²) in [5, 5.41) is 16.2. The Hall–Kier alpha value is -5.42. The van der Waals surface area contributed by atoms with E-state index in [4.69, 9.17) is 18.9 Å². The van der Waals surface area contributed by atoms with Gasteiger partial charge in [-0.15, -0.1) is 0 Å². The Morgan fingerprint density at radius 1 is 0.453 bits per heavy atom. The molecule has 6 amide bonds. The lowest BCUT2D eigenvalue weighted by Crippen LogP contribution is -2.59. The number of ether oxygens (including phenoxy) is 4. The summed E-state index contributed by atoms with van der Waals surface area (Å²) in [4.78, 5) is 108. The number of hydrogen-bond acceptors (Lipinski definition) is 12. The molecule has 0 saturated heterocycles. The van der Waals surface area contributed by atoms with Crippen LogP contribution in [-0.2, 0) is 60.6 Å².